The third-order valence-corrected chi connectivity index (χ3v) is 6.10. The van der Waals surface area contributed by atoms with Crippen molar-refractivity contribution in [2.45, 2.75) is 31.4 Å². The number of ether oxygens (including phenoxy) is 1. The molecule has 0 aliphatic carbocycles. The second-order valence-electron chi connectivity index (χ2n) is 6.54. The maximum absolute atomic E-state index is 13.0. The van der Waals surface area contributed by atoms with Gasteiger partial charge in [-0.25, -0.2) is 9.37 Å². The first-order valence-corrected chi connectivity index (χ1v) is 10.9. The summed E-state index contributed by atoms with van der Waals surface area (Å²) in [5.74, 6) is 1.04. The van der Waals surface area contributed by atoms with E-state index in [1.807, 2.05) is 9.95 Å². The predicted molar refractivity (Wildman–Crippen MR) is 113 cm³/mol. The summed E-state index contributed by atoms with van der Waals surface area (Å²) in [4.78, 5) is 4.62. The summed E-state index contributed by atoms with van der Waals surface area (Å²) in [5, 5.41) is 12.1. The Bertz CT molecular complexity index is 1110. The fourth-order valence-electron chi connectivity index (χ4n) is 2.86. The van der Waals surface area contributed by atoms with Crippen molar-refractivity contribution >= 4 is 23.1 Å². The van der Waals surface area contributed by atoms with Gasteiger partial charge in [0.15, 0.2) is 5.16 Å². The molecule has 0 radical (unpaired) electrons. The molecule has 148 valence electrons. The molecule has 0 unspecified atom stereocenters. The van der Waals surface area contributed by atoms with Gasteiger partial charge in [-0.2, -0.15) is 0 Å². The van der Waals surface area contributed by atoms with E-state index < -0.39 is 0 Å². The zero-order valence-electron chi connectivity index (χ0n) is 16.0. The summed E-state index contributed by atoms with van der Waals surface area (Å²) in [7, 11) is 0. The van der Waals surface area contributed by atoms with Gasteiger partial charge in [-0.1, -0.05) is 29.5 Å². The summed E-state index contributed by atoms with van der Waals surface area (Å²) in [6.45, 7) is 4.53. The minimum atomic E-state index is -0.278. The van der Waals surface area contributed by atoms with Crippen LogP contribution in [-0.2, 0) is 12.4 Å². The molecule has 0 aliphatic heterocycles. The van der Waals surface area contributed by atoms with Crippen molar-refractivity contribution in [2.75, 3.05) is 0 Å². The number of thioether (sulfide) groups is 1. The first-order valence-electron chi connectivity index (χ1n) is 9.00. The Balaban J connectivity index is 1.38. The number of nitrogens with zero attached hydrogens (tertiary/aromatic N) is 4. The molecule has 0 spiro atoms. The van der Waals surface area contributed by atoms with Gasteiger partial charge >= 0.3 is 0 Å². The molecule has 0 saturated heterocycles. The van der Waals surface area contributed by atoms with Gasteiger partial charge in [-0.05, 0) is 49.7 Å². The summed E-state index contributed by atoms with van der Waals surface area (Å²) in [6, 6.07) is 12.3. The molecule has 4 rings (SSSR count). The molecule has 0 fully saturated rings. The van der Waals surface area contributed by atoms with E-state index >= 15 is 0 Å². The summed E-state index contributed by atoms with van der Waals surface area (Å²) < 4.78 is 20.6. The molecular formula is C21H19FN4OS2. The van der Waals surface area contributed by atoms with Gasteiger partial charge in [0.25, 0.3) is 0 Å². The van der Waals surface area contributed by atoms with E-state index in [0.29, 0.717) is 18.1 Å². The number of rotatable bonds is 7. The van der Waals surface area contributed by atoms with Crippen LogP contribution in [0.5, 0.6) is 5.75 Å². The second kappa shape index (κ2) is 8.75. The molecule has 2 aromatic carbocycles. The van der Waals surface area contributed by atoms with E-state index in [4.69, 9.17) is 4.74 Å². The van der Waals surface area contributed by atoms with Crippen molar-refractivity contribution in [2.24, 2.45) is 0 Å². The average Bonchev–Trinajstić information content (AvgIpc) is 3.35. The van der Waals surface area contributed by atoms with Crippen molar-refractivity contribution in [1.29, 1.82) is 0 Å². The quantitative estimate of drug-likeness (QED) is 0.373. The topological polar surface area (TPSA) is 52.8 Å². The van der Waals surface area contributed by atoms with E-state index in [1.54, 1.807) is 41.6 Å². The molecule has 0 aliphatic rings. The standard InChI is InChI=1S/C21H19FN4OS2/c1-14-3-8-19(15(2)9-14)26-13-23-25-21(26)29-12-17-11-28-20(24-17)10-27-18-6-4-16(22)5-7-18/h3-9,11,13H,10,12H2,1-2H3. The molecule has 0 bridgehead atoms. The average molecular weight is 427 g/mol. The second-order valence-corrected chi connectivity index (χ2v) is 8.42. The summed E-state index contributed by atoms with van der Waals surface area (Å²) in [5.41, 5.74) is 4.45. The maximum atomic E-state index is 13.0. The minimum absolute atomic E-state index is 0.278. The highest BCUT2D eigenvalue weighted by molar-refractivity contribution is 7.98. The van der Waals surface area contributed by atoms with Crippen molar-refractivity contribution in [1.82, 2.24) is 19.7 Å². The zero-order chi connectivity index (χ0) is 20.2. The number of benzene rings is 2. The highest BCUT2D eigenvalue weighted by atomic mass is 32.2. The SMILES string of the molecule is Cc1ccc(-n2cnnc2SCc2csc(COc3ccc(F)cc3)n2)c(C)c1. The lowest BCUT2D eigenvalue weighted by atomic mass is 10.1. The lowest BCUT2D eigenvalue weighted by Gasteiger charge is -2.09. The van der Waals surface area contributed by atoms with E-state index in [0.717, 1.165) is 21.5 Å². The van der Waals surface area contributed by atoms with Crippen molar-refractivity contribution in [3.8, 4) is 11.4 Å². The number of halogens is 1. The predicted octanol–water partition coefficient (Wildman–Crippen LogP) is 5.35. The van der Waals surface area contributed by atoms with Crippen LogP contribution in [0.2, 0.25) is 0 Å². The maximum Gasteiger partial charge on any atom is 0.196 e. The van der Waals surface area contributed by atoms with Crippen LogP contribution in [0, 0.1) is 19.7 Å². The lowest BCUT2D eigenvalue weighted by Crippen LogP contribution is -1.99. The molecule has 0 atom stereocenters. The molecule has 0 N–H and O–H groups in total. The van der Waals surface area contributed by atoms with Crippen molar-refractivity contribution < 1.29 is 9.13 Å². The number of hydrogen-bond donors (Lipinski definition) is 0. The Kier molecular flexibility index (Phi) is 5.92. The van der Waals surface area contributed by atoms with Gasteiger partial charge < -0.3 is 4.74 Å². The van der Waals surface area contributed by atoms with Gasteiger partial charge in [0.05, 0.1) is 11.4 Å². The van der Waals surface area contributed by atoms with Crippen LogP contribution >= 0.6 is 23.1 Å². The van der Waals surface area contributed by atoms with Crippen molar-refractivity contribution in [3.63, 3.8) is 0 Å². The van der Waals surface area contributed by atoms with Crippen LogP contribution < -0.4 is 4.74 Å². The molecule has 2 heterocycles. The van der Waals surface area contributed by atoms with Gasteiger partial charge in [-0.15, -0.1) is 21.5 Å². The summed E-state index contributed by atoms with van der Waals surface area (Å²) >= 11 is 3.14. The lowest BCUT2D eigenvalue weighted by molar-refractivity contribution is 0.305. The normalized spacial score (nSPS) is 11.0. The van der Waals surface area contributed by atoms with Crippen LogP contribution in [0.3, 0.4) is 0 Å². The van der Waals surface area contributed by atoms with E-state index in [2.05, 4.69) is 47.2 Å². The fourth-order valence-corrected chi connectivity index (χ4v) is 4.48. The number of aryl methyl sites for hydroxylation is 2. The fraction of sp³-hybridized carbons (Fsp3) is 0.190. The van der Waals surface area contributed by atoms with Gasteiger partial charge in [0.1, 0.15) is 29.5 Å². The third-order valence-electron chi connectivity index (χ3n) is 4.25. The molecule has 4 aromatic rings. The van der Waals surface area contributed by atoms with Gasteiger partial charge in [0, 0.05) is 11.1 Å². The molecule has 8 heteroatoms. The zero-order valence-corrected chi connectivity index (χ0v) is 17.6. The monoisotopic (exact) mass is 426 g/mol. The third kappa shape index (κ3) is 4.83. The number of thiazole rings is 1. The highest BCUT2D eigenvalue weighted by Gasteiger charge is 2.11. The molecule has 2 aromatic heterocycles. The number of hydrogen-bond acceptors (Lipinski definition) is 6. The molecular weight excluding hydrogens is 407 g/mol. The van der Waals surface area contributed by atoms with Crippen LogP contribution in [0.15, 0.2) is 59.3 Å². The molecule has 5 nitrogen and oxygen atoms in total. The molecule has 0 saturated carbocycles. The van der Waals surface area contributed by atoms with Gasteiger partial charge in [0.2, 0.25) is 0 Å². The highest BCUT2D eigenvalue weighted by Crippen LogP contribution is 2.26. The Morgan fingerprint density at radius 1 is 1.14 bits per heavy atom. The first kappa shape index (κ1) is 19.6. The Hall–Kier alpha value is -2.71. The van der Waals surface area contributed by atoms with E-state index in [-0.39, 0.29) is 5.82 Å². The van der Waals surface area contributed by atoms with E-state index in [1.165, 1.54) is 23.3 Å². The minimum Gasteiger partial charge on any atom is -0.486 e. The number of aromatic nitrogens is 4. The van der Waals surface area contributed by atoms with E-state index in [9.17, 15) is 4.39 Å². The van der Waals surface area contributed by atoms with Crippen LogP contribution in [0.25, 0.3) is 5.69 Å². The molecule has 0 amide bonds. The Morgan fingerprint density at radius 2 is 1.97 bits per heavy atom. The summed E-state index contributed by atoms with van der Waals surface area (Å²) in [6.07, 6.45) is 1.74. The van der Waals surface area contributed by atoms with Gasteiger partial charge in [-0.3, -0.25) is 4.57 Å². The van der Waals surface area contributed by atoms with Crippen molar-refractivity contribution in [3.05, 3.63) is 81.8 Å². The Morgan fingerprint density at radius 3 is 2.76 bits per heavy atom. The van der Waals surface area contributed by atoms with Crippen LogP contribution in [0.1, 0.15) is 21.8 Å². The van der Waals surface area contributed by atoms with Crippen LogP contribution in [0.4, 0.5) is 4.39 Å². The smallest absolute Gasteiger partial charge is 0.196 e. The first-order chi connectivity index (χ1) is 14.1. The Labute approximate surface area is 176 Å². The van der Waals surface area contributed by atoms with Crippen LogP contribution in [-0.4, -0.2) is 19.7 Å². The largest absolute Gasteiger partial charge is 0.486 e. The molecule has 29 heavy (non-hydrogen) atoms.